The standard InChI is InChI=1S/C18H17ClN4O4S.Na/c1-10-5-4-6-13(7-10)23-18(24)17(12(3)22-23)21-20-15-9-14(19)11(2)8-16(15)28(25,26)27;/h4-9,17H,1-3H3,(H,25,26,27);/q;+1/p-1. The monoisotopic (exact) mass is 442 g/mol. The van der Waals surface area contributed by atoms with E-state index < -0.39 is 27.0 Å². The Morgan fingerprint density at radius 2 is 1.86 bits per heavy atom. The second-order valence-corrected chi connectivity index (χ2v) is 8.13. The molecule has 1 amide bonds. The van der Waals surface area contributed by atoms with Gasteiger partial charge in [-0.1, -0.05) is 23.7 Å². The molecule has 0 aliphatic carbocycles. The van der Waals surface area contributed by atoms with E-state index in [1.54, 1.807) is 32.0 Å². The fourth-order valence-corrected chi connectivity index (χ4v) is 3.51. The van der Waals surface area contributed by atoms with Crippen LogP contribution in [0.5, 0.6) is 0 Å². The van der Waals surface area contributed by atoms with E-state index in [0.29, 0.717) is 17.0 Å². The first-order valence-corrected chi connectivity index (χ1v) is 9.99. The van der Waals surface area contributed by atoms with Crippen molar-refractivity contribution in [2.24, 2.45) is 15.3 Å². The van der Waals surface area contributed by atoms with Crippen LogP contribution in [0.15, 0.2) is 56.6 Å². The van der Waals surface area contributed by atoms with Crippen LogP contribution in [0.25, 0.3) is 0 Å². The number of hydrogen-bond acceptors (Lipinski definition) is 7. The van der Waals surface area contributed by atoms with Crippen molar-refractivity contribution < 1.29 is 47.3 Å². The Hall–Kier alpha value is -1.62. The summed E-state index contributed by atoms with van der Waals surface area (Å²) in [6.45, 7) is 5.07. The average Bonchev–Trinajstić information content (AvgIpc) is 2.89. The minimum Gasteiger partial charge on any atom is -0.744 e. The van der Waals surface area contributed by atoms with Crippen molar-refractivity contribution in [1.82, 2.24) is 0 Å². The smallest absolute Gasteiger partial charge is 0.744 e. The molecule has 29 heavy (non-hydrogen) atoms. The number of carbonyl (C=O) groups excluding carboxylic acids is 1. The average molecular weight is 443 g/mol. The first-order chi connectivity index (χ1) is 13.1. The fourth-order valence-electron chi connectivity index (χ4n) is 2.68. The molecule has 8 nitrogen and oxygen atoms in total. The summed E-state index contributed by atoms with van der Waals surface area (Å²) in [6, 6.07) is 8.58. The molecule has 0 fully saturated rings. The van der Waals surface area contributed by atoms with Crippen LogP contribution < -0.4 is 34.6 Å². The van der Waals surface area contributed by atoms with Gasteiger partial charge >= 0.3 is 29.6 Å². The van der Waals surface area contributed by atoms with Crippen molar-refractivity contribution in [2.45, 2.75) is 31.7 Å². The molecule has 0 N–H and O–H groups in total. The molecular formula is C18H16ClN4NaO4S. The summed E-state index contributed by atoms with van der Waals surface area (Å²) in [7, 11) is -4.79. The van der Waals surface area contributed by atoms with E-state index >= 15 is 0 Å². The molecule has 1 heterocycles. The molecule has 146 valence electrons. The molecule has 0 radical (unpaired) electrons. The van der Waals surface area contributed by atoms with Gasteiger partial charge in [0.1, 0.15) is 15.8 Å². The zero-order valence-electron chi connectivity index (χ0n) is 16.2. The molecule has 2 aromatic carbocycles. The van der Waals surface area contributed by atoms with Crippen molar-refractivity contribution in [1.29, 1.82) is 0 Å². The van der Waals surface area contributed by atoms with Gasteiger partial charge in [-0.15, -0.1) is 0 Å². The molecule has 11 heteroatoms. The van der Waals surface area contributed by atoms with Gasteiger partial charge < -0.3 is 4.55 Å². The third-order valence-corrected chi connectivity index (χ3v) is 5.41. The quantitative estimate of drug-likeness (QED) is 0.394. The van der Waals surface area contributed by atoms with Crippen LogP contribution in [0.4, 0.5) is 11.4 Å². The van der Waals surface area contributed by atoms with Gasteiger partial charge in [-0.05, 0) is 56.2 Å². The maximum atomic E-state index is 12.7. The predicted molar refractivity (Wildman–Crippen MR) is 104 cm³/mol. The third-order valence-electron chi connectivity index (χ3n) is 4.13. The molecule has 0 bridgehead atoms. The third kappa shape index (κ3) is 5.11. The number of azo groups is 1. The van der Waals surface area contributed by atoms with Crippen LogP contribution in [0, 0.1) is 13.8 Å². The second kappa shape index (κ2) is 9.03. The van der Waals surface area contributed by atoms with Gasteiger partial charge in [-0.2, -0.15) is 20.3 Å². The molecule has 1 unspecified atom stereocenters. The molecule has 2 aromatic rings. The van der Waals surface area contributed by atoms with Crippen LogP contribution in [-0.4, -0.2) is 30.6 Å². The van der Waals surface area contributed by atoms with Crippen molar-refractivity contribution >= 4 is 44.7 Å². The summed E-state index contributed by atoms with van der Waals surface area (Å²) in [5.74, 6) is -0.434. The van der Waals surface area contributed by atoms with E-state index in [1.807, 2.05) is 13.0 Å². The largest absolute Gasteiger partial charge is 1.00 e. The number of amides is 1. The Morgan fingerprint density at radius 1 is 1.17 bits per heavy atom. The zero-order chi connectivity index (χ0) is 20.6. The summed E-state index contributed by atoms with van der Waals surface area (Å²) < 4.78 is 34.5. The number of carbonyl (C=O) groups is 1. The summed E-state index contributed by atoms with van der Waals surface area (Å²) in [6.07, 6.45) is 0. The molecule has 0 saturated heterocycles. The Kier molecular flexibility index (Phi) is 7.37. The number of hydrazone groups is 1. The molecule has 0 aromatic heterocycles. The Bertz CT molecular complexity index is 1130. The maximum Gasteiger partial charge on any atom is 1.00 e. The number of anilines is 1. The van der Waals surface area contributed by atoms with Gasteiger partial charge in [0.25, 0.3) is 5.91 Å². The van der Waals surface area contributed by atoms with Gasteiger partial charge in [0.05, 0.1) is 16.3 Å². The molecule has 0 spiro atoms. The number of hydrogen-bond donors (Lipinski definition) is 0. The van der Waals surface area contributed by atoms with Crippen LogP contribution in [-0.2, 0) is 14.9 Å². The van der Waals surface area contributed by atoms with Crippen LogP contribution in [0.2, 0.25) is 5.02 Å². The molecule has 0 saturated carbocycles. The number of nitrogens with zero attached hydrogens (tertiary/aromatic N) is 4. The Balaban J connectivity index is 0.00000300. The van der Waals surface area contributed by atoms with Crippen molar-refractivity contribution in [3.05, 3.63) is 52.5 Å². The Labute approximate surface area is 195 Å². The molecular weight excluding hydrogens is 427 g/mol. The molecule has 3 rings (SSSR count). The van der Waals surface area contributed by atoms with E-state index in [-0.39, 0.29) is 40.3 Å². The van der Waals surface area contributed by atoms with Crippen LogP contribution in [0.3, 0.4) is 0 Å². The number of aryl methyl sites for hydroxylation is 2. The van der Waals surface area contributed by atoms with Crippen molar-refractivity contribution in [3.63, 3.8) is 0 Å². The van der Waals surface area contributed by atoms with Crippen LogP contribution >= 0.6 is 11.6 Å². The molecule has 1 aliphatic rings. The normalized spacial score (nSPS) is 16.9. The SMILES string of the molecule is CC1=NN(c2cccc(C)c2)C(=O)C1N=Nc1cc(Cl)c(C)cc1S(=O)(=O)[O-].[Na+]. The maximum absolute atomic E-state index is 12.7. The van der Waals surface area contributed by atoms with Gasteiger partial charge in [-0.25, -0.2) is 8.42 Å². The van der Waals surface area contributed by atoms with Gasteiger partial charge in [-0.3, -0.25) is 4.79 Å². The van der Waals surface area contributed by atoms with E-state index in [0.717, 1.165) is 11.6 Å². The predicted octanol–water partition coefficient (Wildman–Crippen LogP) is 0.740. The molecule has 1 atom stereocenters. The number of rotatable bonds is 4. The minimum atomic E-state index is -4.79. The van der Waals surface area contributed by atoms with Gasteiger partial charge in [0.2, 0.25) is 0 Å². The summed E-state index contributed by atoms with van der Waals surface area (Å²) in [5.41, 5.74) is 2.13. The summed E-state index contributed by atoms with van der Waals surface area (Å²) in [4.78, 5) is 12.2. The van der Waals surface area contributed by atoms with E-state index in [9.17, 15) is 17.8 Å². The van der Waals surface area contributed by atoms with E-state index in [4.69, 9.17) is 11.6 Å². The number of benzene rings is 2. The minimum absolute atomic E-state index is 0. The van der Waals surface area contributed by atoms with Crippen molar-refractivity contribution in [3.8, 4) is 0 Å². The summed E-state index contributed by atoms with van der Waals surface area (Å²) >= 11 is 6.01. The summed E-state index contributed by atoms with van der Waals surface area (Å²) in [5, 5.41) is 13.4. The van der Waals surface area contributed by atoms with Gasteiger partial charge in [0, 0.05) is 5.02 Å². The van der Waals surface area contributed by atoms with E-state index in [2.05, 4.69) is 15.3 Å². The van der Waals surface area contributed by atoms with Gasteiger partial charge in [0.15, 0.2) is 6.04 Å². The Morgan fingerprint density at radius 3 is 2.48 bits per heavy atom. The second-order valence-electron chi connectivity index (χ2n) is 6.37. The zero-order valence-corrected chi connectivity index (χ0v) is 19.8. The number of halogens is 1. The van der Waals surface area contributed by atoms with Crippen LogP contribution in [0.1, 0.15) is 18.1 Å². The van der Waals surface area contributed by atoms with Crippen molar-refractivity contribution in [2.75, 3.05) is 5.01 Å². The fraction of sp³-hybridized carbons (Fsp3) is 0.222. The van der Waals surface area contributed by atoms with E-state index in [1.165, 1.54) is 11.1 Å². The topological polar surface area (TPSA) is 115 Å². The first-order valence-electron chi connectivity index (χ1n) is 8.20. The first kappa shape index (κ1) is 23.7. The molecule has 1 aliphatic heterocycles.